The van der Waals surface area contributed by atoms with Gasteiger partial charge < -0.3 is 20.1 Å². The van der Waals surface area contributed by atoms with Crippen LogP contribution in [0.2, 0.25) is 0 Å². The quantitative estimate of drug-likeness (QED) is 0.436. The molecule has 1 heterocycles. The van der Waals surface area contributed by atoms with Gasteiger partial charge in [-0.2, -0.15) is 0 Å². The molecule has 1 saturated carbocycles. The number of rotatable bonds is 8. The molecular formula is C18H27N3O2. The number of hydrogen-bond acceptors (Lipinski definition) is 3. The maximum atomic E-state index is 5.61. The molecule has 2 N–H and O–H groups in total. The zero-order valence-electron chi connectivity index (χ0n) is 13.9. The van der Waals surface area contributed by atoms with Gasteiger partial charge in [0.05, 0.1) is 13.2 Å². The molecule has 1 fully saturated rings. The summed E-state index contributed by atoms with van der Waals surface area (Å²) in [6.45, 7) is 4.12. The SMILES string of the molecule is CN=C(NCCOCC1CC1)NCCc1ccc2c(c1)CCO2. The number of guanidine groups is 1. The number of fused-ring (bicyclic) bond motifs is 1. The van der Waals surface area contributed by atoms with Gasteiger partial charge >= 0.3 is 0 Å². The Morgan fingerprint density at radius 3 is 3.00 bits per heavy atom. The number of aliphatic imine (C=N–C) groups is 1. The summed E-state index contributed by atoms with van der Waals surface area (Å²) in [4.78, 5) is 4.24. The third-order valence-corrected chi connectivity index (χ3v) is 4.27. The van der Waals surface area contributed by atoms with Crippen molar-refractivity contribution in [3.63, 3.8) is 0 Å². The van der Waals surface area contributed by atoms with E-state index >= 15 is 0 Å². The van der Waals surface area contributed by atoms with E-state index in [-0.39, 0.29) is 0 Å². The van der Waals surface area contributed by atoms with Crippen LogP contribution in [0.5, 0.6) is 5.75 Å². The first kappa shape index (κ1) is 16.1. The monoisotopic (exact) mass is 317 g/mol. The lowest BCUT2D eigenvalue weighted by Gasteiger charge is -2.12. The summed E-state index contributed by atoms with van der Waals surface area (Å²) >= 11 is 0. The van der Waals surface area contributed by atoms with Crippen molar-refractivity contribution in [2.24, 2.45) is 10.9 Å². The summed E-state index contributed by atoms with van der Waals surface area (Å²) in [5, 5.41) is 6.64. The molecule has 0 spiro atoms. The van der Waals surface area contributed by atoms with Gasteiger partial charge in [0.1, 0.15) is 5.75 Å². The standard InChI is InChI=1S/C18H27N3O2/c1-19-18(21-9-11-22-13-15-2-3-15)20-8-6-14-4-5-17-16(12-14)7-10-23-17/h4-5,12,15H,2-3,6-11,13H2,1H3,(H2,19,20,21). The van der Waals surface area contributed by atoms with Crippen molar-refractivity contribution in [1.82, 2.24) is 10.6 Å². The smallest absolute Gasteiger partial charge is 0.191 e. The van der Waals surface area contributed by atoms with Crippen molar-refractivity contribution < 1.29 is 9.47 Å². The summed E-state index contributed by atoms with van der Waals surface area (Å²) in [7, 11) is 1.80. The van der Waals surface area contributed by atoms with Gasteiger partial charge in [-0.25, -0.2) is 0 Å². The van der Waals surface area contributed by atoms with E-state index in [1.807, 2.05) is 0 Å². The Labute approximate surface area is 138 Å². The van der Waals surface area contributed by atoms with Crippen molar-refractivity contribution in [3.05, 3.63) is 29.3 Å². The highest BCUT2D eigenvalue weighted by atomic mass is 16.5. The number of nitrogens with one attached hydrogen (secondary N) is 2. The minimum absolute atomic E-state index is 0.738. The summed E-state index contributed by atoms with van der Waals surface area (Å²) < 4.78 is 11.2. The Balaban J connectivity index is 1.31. The zero-order valence-corrected chi connectivity index (χ0v) is 13.9. The van der Waals surface area contributed by atoms with E-state index in [9.17, 15) is 0 Å². The fourth-order valence-electron chi connectivity index (χ4n) is 2.72. The highest BCUT2D eigenvalue weighted by Gasteiger charge is 2.20. The molecule has 0 saturated heterocycles. The Kier molecular flexibility index (Phi) is 5.75. The largest absolute Gasteiger partial charge is 0.493 e. The van der Waals surface area contributed by atoms with Gasteiger partial charge in [0.15, 0.2) is 5.96 Å². The molecule has 0 amide bonds. The average Bonchev–Trinajstić information content (AvgIpc) is 3.28. The first-order valence-corrected chi connectivity index (χ1v) is 8.62. The molecule has 1 aromatic carbocycles. The molecule has 126 valence electrons. The first-order valence-electron chi connectivity index (χ1n) is 8.62. The molecule has 2 aliphatic rings. The lowest BCUT2D eigenvalue weighted by molar-refractivity contribution is 0.129. The Hall–Kier alpha value is -1.75. The third kappa shape index (κ3) is 5.13. The number of benzene rings is 1. The molecule has 0 aromatic heterocycles. The molecule has 3 rings (SSSR count). The third-order valence-electron chi connectivity index (χ3n) is 4.27. The maximum absolute atomic E-state index is 5.61. The molecule has 1 aromatic rings. The van der Waals surface area contributed by atoms with E-state index in [0.29, 0.717) is 0 Å². The Morgan fingerprint density at radius 2 is 2.17 bits per heavy atom. The van der Waals surface area contributed by atoms with Gasteiger partial charge in [0, 0.05) is 33.2 Å². The maximum Gasteiger partial charge on any atom is 0.191 e. The second-order valence-electron chi connectivity index (χ2n) is 6.23. The Bertz CT molecular complexity index is 541. The molecule has 0 unspecified atom stereocenters. The molecule has 0 atom stereocenters. The van der Waals surface area contributed by atoms with Crippen molar-refractivity contribution in [1.29, 1.82) is 0 Å². The van der Waals surface area contributed by atoms with Crippen molar-refractivity contribution in [2.75, 3.05) is 40.0 Å². The van der Waals surface area contributed by atoms with E-state index in [0.717, 1.165) is 63.4 Å². The molecule has 1 aliphatic heterocycles. The fourth-order valence-corrected chi connectivity index (χ4v) is 2.72. The van der Waals surface area contributed by atoms with E-state index in [1.54, 1.807) is 7.05 Å². The van der Waals surface area contributed by atoms with Crippen molar-refractivity contribution in [2.45, 2.75) is 25.7 Å². The lowest BCUT2D eigenvalue weighted by atomic mass is 10.1. The summed E-state index contributed by atoms with van der Waals surface area (Å²) in [6.07, 6.45) is 4.68. The van der Waals surface area contributed by atoms with Gasteiger partial charge in [-0.05, 0) is 42.4 Å². The van der Waals surface area contributed by atoms with Gasteiger partial charge in [0.2, 0.25) is 0 Å². The van der Waals surface area contributed by atoms with Crippen LogP contribution >= 0.6 is 0 Å². The van der Waals surface area contributed by atoms with Gasteiger partial charge in [-0.15, -0.1) is 0 Å². The van der Waals surface area contributed by atoms with E-state index in [1.165, 1.54) is 24.0 Å². The van der Waals surface area contributed by atoms with Crippen LogP contribution in [0.3, 0.4) is 0 Å². The van der Waals surface area contributed by atoms with Crippen molar-refractivity contribution >= 4 is 5.96 Å². The second-order valence-corrected chi connectivity index (χ2v) is 6.23. The average molecular weight is 317 g/mol. The van der Waals surface area contributed by atoms with Crippen LogP contribution in [-0.4, -0.2) is 45.9 Å². The van der Waals surface area contributed by atoms with Crippen LogP contribution in [0.25, 0.3) is 0 Å². The highest BCUT2D eigenvalue weighted by Crippen LogP contribution is 2.28. The number of ether oxygens (including phenoxy) is 2. The second kappa shape index (κ2) is 8.20. The van der Waals surface area contributed by atoms with Crippen LogP contribution in [0.15, 0.2) is 23.2 Å². The molecule has 0 radical (unpaired) electrons. The molecule has 5 heteroatoms. The van der Waals surface area contributed by atoms with Crippen LogP contribution in [0.4, 0.5) is 0 Å². The summed E-state index contributed by atoms with van der Waals surface area (Å²) in [5.41, 5.74) is 2.67. The van der Waals surface area contributed by atoms with Gasteiger partial charge in [-0.1, -0.05) is 12.1 Å². The molecule has 23 heavy (non-hydrogen) atoms. The van der Waals surface area contributed by atoms with Gasteiger partial charge in [-0.3, -0.25) is 4.99 Å². The summed E-state index contributed by atoms with van der Waals surface area (Å²) in [6, 6.07) is 6.49. The van der Waals surface area contributed by atoms with Crippen molar-refractivity contribution in [3.8, 4) is 5.75 Å². The molecular weight excluding hydrogens is 290 g/mol. The van der Waals surface area contributed by atoms with E-state index < -0.39 is 0 Å². The predicted octanol–water partition coefficient (Wildman–Crippen LogP) is 1.76. The summed E-state index contributed by atoms with van der Waals surface area (Å²) in [5.74, 6) is 2.71. The molecule has 5 nitrogen and oxygen atoms in total. The topological polar surface area (TPSA) is 54.9 Å². The molecule has 1 aliphatic carbocycles. The number of nitrogens with zero attached hydrogens (tertiary/aromatic N) is 1. The minimum Gasteiger partial charge on any atom is -0.493 e. The van der Waals surface area contributed by atoms with Gasteiger partial charge in [0.25, 0.3) is 0 Å². The Morgan fingerprint density at radius 1 is 1.30 bits per heavy atom. The van der Waals surface area contributed by atoms with Crippen LogP contribution in [-0.2, 0) is 17.6 Å². The number of hydrogen-bond donors (Lipinski definition) is 2. The van der Waals surface area contributed by atoms with E-state index in [2.05, 4.69) is 33.8 Å². The normalized spacial score (nSPS) is 16.8. The zero-order chi connectivity index (χ0) is 15.9. The predicted molar refractivity (Wildman–Crippen MR) is 92.3 cm³/mol. The van der Waals surface area contributed by atoms with Crippen LogP contribution in [0, 0.1) is 5.92 Å². The molecule has 0 bridgehead atoms. The fraction of sp³-hybridized carbons (Fsp3) is 0.611. The highest BCUT2D eigenvalue weighted by molar-refractivity contribution is 5.79. The first-order chi connectivity index (χ1) is 11.3. The lowest BCUT2D eigenvalue weighted by Crippen LogP contribution is -2.39. The van der Waals surface area contributed by atoms with Crippen LogP contribution < -0.4 is 15.4 Å². The van der Waals surface area contributed by atoms with Crippen LogP contribution in [0.1, 0.15) is 24.0 Å². The van der Waals surface area contributed by atoms with E-state index in [4.69, 9.17) is 9.47 Å². The minimum atomic E-state index is 0.738.